The number of nitrogen functional groups attached to an aromatic ring is 1. The fourth-order valence-electron chi connectivity index (χ4n) is 3.11. The molecule has 0 atom stereocenters. The summed E-state index contributed by atoms with van der Waals surface area (Å²) in [6, 6.07) is 11.6. The molecule has 0 aliphatic carbocycles. The first-order valence-corrected chi connectivity index (χ1v) is 8.96. The molecule has 0 bridgehead atoms. The van der Waals surface area contributed by atoms with Gasteiger partial charge in [-0.25, -0.2) is 14.2 Å². The number of aromatic nitrogens is 3. The van der Waals surface area contributed by atoms with Gasteiger partial charge in [-0.3, -0.25) is 10.4 Å². The van der Waals surface area contributed by atoms with Crippen molar-refractivity contribution in [2.24, 2.45) is 0 Å². The zero-order chi connectivity index (χ0) is 20.5. The first-order valence-electron chi connectivity index (χ1n) is 8.96. The van der Waals surface area contributed by atoms with Gasteiger partial charge in [0.1, 0.15) is 11.6 Å². The molecule has 2 aromatic carbocycles. The standard InChI is InChI=1S/C21H19FN6O/c1-11-8-15(22)17(9-12(11)2)25-21(29)26-18-7-6-13(10-24-18)14-4-3-5-16-19(14)20(23)28-27-16/h3-10H,1-2H3,(H3,23,27,28)(H2,24,25,26,29). The molecule has 4 rings (SSSR count). The summed E-state index contributed by atoms with van der Waals surface area (Å²) in [6.45, 7) is 3.66. The Labute approximate surface area is 166 Å². The summed E-state index contributed by atoms with van der Waals surface area (Å²) < 4.78 is 14.0. The van der Waals surface area contributed by atoms with Gasteiger partial charge in [-0.2, -0.15) is 5.10 Å². The van der Waals surface area contributed by atoms with Crippen molar-refractivity contribution in [1.82, 2.24) is 15.2 Å². The maximum atomic E-state index is 14.0. The van der Waals surface area contributed by atoms with Crippen LogP contribution in [0.15, 0.2) is 48.7 Å². The number of nitrogens with one attached hydrogen (secondary N) is 3. The highest BCUT2D eigenvalue weighted by molar-refractivity contribution is 6.02. The van der Waals surface area contributed by atoms with Crippen LogP contribution in [0.2, 0.25) is 0 Å². The molecular weight excluding hydrogens is 371 g/mol. The Kier molecular flexibility index (Phi) is 4.59. The molecule has 0 unspecified atom stereocenters. The maximum absolute atomic E-state index is 14.0. The predicted molar refractivity (Wildman–Crippen MR) is 112 cm³/mol. The number of hydrogen-bond donors (Lipinski definition) is 4. The highest BCUT2D eigenvalue weighted by Crippen LogP contribution is 2.31. The summed E-state index contributed by atoms with van der Waals surface area (Å²) in [5, 5.41) is 12.8. The molecule has 0 aliphatic heterocycles. The topological polar surface area (TPSA) is 109 Å². The second kappa shape index (κ2) is 7.23. The quantitative estimate of drug-likeness (QED) is 0.410. The van der Waals surface area contributed by atoms with E-state index >= 15 is 0 Å². The maximum Gasteiger partial charge on any atom is 0.324 e. The lowest BCUT2D eigenvalue weighted by atomic mass is 10.0. The monoisotopic (exact) mass is 390 g/mol. The minimum absolute atomic E-state index is 0.115. The molecule has 2 amide bonds. The summed E-state index contributed by atoms with van der Waals surface area (Å²) in [5.74, 6) is 0.257. The van der Waals surface area contributed by atoms with Crippen molar-refractivity contribution in [3.63, 3.8) is 0 Å². The number of carbonyl (C=O) groups excluding carboxylic acids is 1. The number of rotatable bonds is 3. The van der Waals surface area contributed by atoms with Crippen LogP contribution in [0.25, 0.3) is 22.0 Å². The molecule has 0 saturated carbocycles. The van der Waals surface area contributed by atoms with Crippen LogP contribution in [0, 0.1) is 19.7 Å². The number of fused-ring (bicyclic) bond motifs is 1. The van der Waals surface area contributed by atoms with Crippen molar-refractivity contribution in [2.45, 2.75) is 13.8 Å². The Balaban J connectivity index is 1.52. The molecule has 0 spiro atoms. The fourth-order valence-corrected chi connectivity index (χ4v) is 3.11. The van der Waals surface area contributed by atoms with Gasteiger partial charge in [0, 0.05) is 11.8 Å². The summed E-state index contributed by atoms with van der Waals surface area (Å²) in [4.78, 5) is 16.5. The van der Waals surface area contributed by atoms with E-state index in [4.69, 9.17) is 5.73 Å². The van der Waals surface area contributed by atoms with Gasteiger partial charge in [0.15, 0.2) is 5.82 Å². The van der Waals surface area contributed by atoms with E-state index in [1.165, 1.54) is 6.07 Å². The summed E-state index contributed by atoms with van der Waals surface area (Å²) in [6.07, 6.45) is 1.63. The smallest absolute Gasteiger partial charge is 0.324 e. The van der Waals surface area contributed by atoms with E-state index in [0.29, 0.717) is 11.6 Å². The minimum atomic E-state index is -0.575. The minimum Gasteiger partial charge on any atom is -0.382 e. The number of hydrogen-bond acceptors (Lipinski definition) is 4. The molecule has 7 nitrogen and oxygen atoms in total. The predicted octanol–water partition coefficient (Wildman–Crippen LogP) is 4.61. The van der Waals surface area contributed by atoms with E-state index in [1.54, 1.807) is 18.3 Å². The van der Waals surface area contributed by atoms with Gasteiger partial charge < -0.3 is 11.1 Å². The first-order chi connectivity index (χ1) is 13.9. The largest absolute Gasteiger partial charge is 0.382 e. The SMILES string of the molecule is Cc1cc(F)c(NC(=O)Nc2ccc(-c3cccc4[nH]nc(N)c34)cn2)cc1C. The van der Waals surface area contributed by atoms with Crippen LogP contribution >= 0.6 is 0 Å². The molecule has 8 heteroatoms. The third kappa shape index (κ3) is 3.60. The highest BCUT2D eigenvalue weighted by atomic mass is 19.1. The number of aryl methyl sites for hydroxylation is 2. The van der Waals surface area contributed by atoms with E-state index in [2.05, 4.69) is 25.8 Å². The van der Waals surface area contributed by atoms with Crippen molar-refractivity contribution in [3.8, 4) is 11.1 Å². The van der Waals surface area contributed by atoms with E-state index in [9.17, 15) is 9.18 Å². The molecule has 4 aromatic rings. The van der Waals surface area contributed by atoms with Gasteiger partial charge in [-0.05, 0) is 60.9 Å². The fraction of sp³-hybridized carbons (Fsp3) is 0.0952. The second-order valence-electron chi connectivity index (χ2n) is 6.76. The molecule has 2 aromatic heterocycles. The Morgan fingerprint density at radius 2 is 1.90 bits per heavy atom. The van der Waals surface area contributed by atoms with Crippen LogP contribution < -0.4 is 16.4 Å². The average molecular weight is 390 g/mol. The number of aromatic amines is 1. The lowest BCUT2D eigenvalue weighted by Gasteiger charge is -2.10. The van der Waals surface area contributed by atoms with Crippen molar-refractivity contribution in [1.29, 1.82) is 0 Å². The molecule has 0 saturated heterocycles. The number of nitrogens with zero attached hydrogens (tertiary/aromatic N) is 2. The number of halogens is 1. The van der Waals surface area contributed by atoms with Crippen molar-refractivity contribution in [3.05, 3.63) is 65.6 Å². The van der Waals surface area contributed by atoms with Crippen LogP contribution in [-0.4, -0.2) is 21.2 Å². The molecule has 2 heterocycles. The van der Waals surface area contributed by atoms with Gasteiger partial charge in [-0.15, -0.1) is 0 Å². The highest BCUT2D eigenvalue weighted by Gasteiger charge is 2.12. The number of nitrogens with two attached hydrogens (primary N) is 1. The number of amides is 2. The number of benzene rings is 2. The average Bonchev–Trinajstić information content (AvgIpc) is 3.08. The molecule has 0 aliphatic rings. The van der Waals surface area contributed by atoms with Crippen LogP contribution in [0.5, 0.6) is 0 Å². The molecular formula is C21H19FN6O. The van der Waals surface area contributed by atoms with Crippen molar-refractivity contribution in [2.75, 3.05) is 16.4 Å². The van der Waals surface area contributed by atoms with E-state index < -0.39 is 11.8 Å². The zero-order valence-corrected chi connectivity index (χ0v) is 15.9. The molecule has 0 fully saturated rings. The van der Waals surface area contributed by atoms with Crippen LogP contribution in [0.1, 0.15) is 11.1 Å². The lowest BCUT2D eigenvalue weighted by molar-refractivity contribution is 0.262. The Morgan fingerprint density at radius 3 is 2.66 bits per heavy atom. The third-order valence-electron chi connectivity index (χ3n) is 4.77. The van der Waals surface area contributed by atoms with Gasteiger partial charge >= 0.3 is 6.03 Å². The number of carbonyl (C=O) groups is 1. The van der Waals surface area contributed by atoms with Crippen LogP contribution in [-0.2, 0) is 0 Å². The normalized spacial score (nSPS) is 10.9. The van der Waals surface area contributed by atoms with E-state index in [-0.39, 0.29) is 5.69 Å². The molecule has 29 heavy (non-hydrogen) atoms. The number of pyridine rings is 1. The summed E-state index contributed by atoms with van der Waals surface area (Å²) >= 11 is 0. The Morgan fingerprint density at radius 1 is 1.10 bits per heavy atom. The van der Waals surface area contributed by atoms with Crippen LogP contribution in [0.3, 0.4) is 0 Å². The molecule has 5 N–H and O–H groups in total. The van der Waals surface area contributed by atoms with Gasteiger partial charge in [0.25, 0.3) is 0 Å². The van der Waals surface area contributed by atoms with Gasteiger partial charge in [-0.1, -0.05) is 12.1 Å². The molecule has 0 radical (unpaired) electrons. The van der Waals surface area contributed by atoms with Crippen molar-refractivity contribution >= 4 is 34.3 Å². The first kappa shape index (κ1) is 18.4. The van der Waals surface area contributed by atoms with E-state index in [1.807, 2.05) is 38.1 Å². The molecule has 146 valence electrons. The van der Waals surface area contributed by atoms with E-state index in [0.717, 1.165) is 33.2 Å². The zero-order valence-electron chi connectivity index (χ0n) is 15.9. The summed E-state index contributed by atoms with van der Waals surface area (Å²) in [5.41, 5.74) is 10.3. The number of urea groups is 1. The van der Waals surface area contributed by atoms with Gasteiger partial charge in [0.05, 0.1) is 16.6 Å². The third-order valence-corrected chi connectivity index (χ3v) is 4.77. The Bertz CT molecular complexity index is 1220. The second-order valence-corrected chi connectivity index (χ2v) is 6.76. The van der Waals surface area contributed by atoms with Gasteiger partial charge in [0.2, 0.25) is 0 Å². The van der Waals surface area contributed by atoms with Crippen molar-refractivity contribution < 1.29 is 9.18 Å². The Hall–Kier alpha value is -3.94. The van der Waals surface area contributed by atoms with Crippen LogP contribution in [0.4, 0.5) is 26.5 Å². The number of anilines is 3. The number of H-pyrrole nitrogens is 1. The summed E-state index contributed by atoms with van der Waals surface area (Å²) in [7, 11) is 0. The lowest BCUT2D eigenvalue weighted by Crippen LogP contribution is -2.20.